The minimum Gasteiger partial charge on any atom is -0.450 e. The molecule has 1 aromatic heterocycles. The summed E-state index contributed by atoms with van der Waals surface area (Å²) in [5, 5.41) is 0. The lowest BCUT2D eigenvalue weighted by molar-refractivity contribution is -0.156. The molecule has 1 saturated heterocycles. The van der Waals surface area contributed by atoms with Crippen LogP contribution in [0.2, 0.25) is 0 Å². The van der Waals surface area contributed by atoms with E-state index >= 15 is 0 Å². The molecule has 0 bridgehead atoms. The first-order valence-electron chi connectivity index (χ1n) is 7.87. The number of carbonyl (C=O) groups is 2. The predicted molar refractivity (Wildman–Crippen MR) is 95.4 cm³/mol. The third-order valence-electron chi connectivity index (χ3n) is 3.89. The van der Waals surface area contributed by atoms with E-state index in [2.05, 4.69) is 15.9 Å². The van der Waals surface area contributed by atoms with Gasteiger partial charge in [-0.2, -0.15) is 0 Å². The van der Waals surface area contributed by atoms with Crippen molar-refractivity contribution in [3.8, 4) is 0 Å². The monoisotopic (exact) mass is 433 g/mol. The first-order chi connectivity index (χ1) is 11.7. The number of rotatable bonds is 6. The highest BCUT2D eigenvalue weighted by Crippen LogP contribution is 2.19. The summed E-state index contributed by atoms with van der Waals surface area (Å²) in [5.74, 6) is -0.567. The van der Waals surface area contributed by atoms with Crippen LogP contribution in [0.25, 0.3) is 6.08 Å². The van der Waals surface area contributed by atoms with Gasteiger partial charge >= 0.3 is 5.97 Å². The molecule has 0 aliphatic carbocycles. The van der Waals surface area contributed by atoms with Crippen LogP contribution in [-0.4, -0.2) is 55.4 Å². The molecule has 1 amide bonds. The maximum Gasteiger partial charge on any atom is 0.331 e. The maximum absolute atomic E-state index is 12.5. The number of ether oxygens (including phenoxy) is 1. The highest BCUT2D eigenvalue weighted by atomic mass is 79.9. The van der Waals surface area contributed by atoms with Gasteiger partial charge in [0.05, 0.1) is 11.5 Å². The molecule has 1 aliphatic heterocycles. The van der Waals surface area contributed by atoms with Crippen LogP contribution in [-0.2, 0) is 24.2 Å². The Hall–Kier alpha value is -1.61. The fraction of sp³-hybridized carbons (Fsp3) is 0.500. The smallest absolute Gasteiger partial charge is 0.331 e. The zero-order chi connectivity index (χ0) is 18.6. The van der Waals surface area contributed by atoms with E-state index in [0.717, 1.165) is 0 Å². The molecule has 1 fully saturated rings. The van der Waals surface area contributed by atoms with Crippen LogP contribution < -0.4 is 0 Å². The molecule has 2 heterocycles. The van der Waals surface area contributed by atoms with Crippen LogP contribution >= 0.6 is 15.9 Å². The Morgan fingerprint density at radius 3 is 2.72 bits per heavy atom. The summed E-state index contributed by atoms with van der Waals surface area (Å²) in [6, 6.07) is 2.99. The third kappa shape index (κ3) is 5.43. The van der Waals surface area contributed by atoms with Gasteiger partial charge in [0.2, 0.25) is 0 Å². The number of carbonyl (C=O) groups excluding carboxylic acids is 2. The van der Waals surface area contributed by atoms with Gasteiger partial charge in [-0.25, -0.2) is 13.2 Å². The number of likely N-dealkylation sites (N-methyl/N-ethyl adjacent to an activating group) is 1. The normalized spacial score (nSPS) is 20.5. The Bertz CT molecular complexity index is 769. The molecule has 25 heavy (non-hydrogen) atoms. The molecule has 0 spiro atoms. The molecule has 2 atom stereocenters. The molecular weight excluding hydrogens is 414 g/mol. The molecule has 0 N–H and O–H groups in total. The zero-order valence-electron chi connectivity index (χ0n) is 14.0. The molecule has 0 saturated carbocycles. The lowest BCUT2D eigenvalue weighted by Gasteiger charge is -2.29. The number of furan rings is 1. The Kier molecular flexibility index (Phi) is 6.45. The fourth-order valence-electron chi connectivity index (χ4n) is 2.68. The number of sulfone groups is 1. The Balaban J connectivity index is 1.94. The maximum atomic E-state index is 12.5. The largest absolute Gasteiger partial charge is 0.450 e. The van der Waals surface area contributed by atoms with E-state index in [1.165, 1.54) is 24.0 Å². The molecule has 1 aliphatic rings. The van der Waals surface area contributed by atoms with Gasteiger partial charge < -0.3 is 14.1 Å². The predicted octanol–water partition coefficient (Wildman–Crippen LogP) is 2.02. The summed E-state index contributed by atoms with van der Waals surface area (Å²) >= 11 is 3.15. The second kappa shape index (κ2) is 8.18. The van der Waals surface area contributed by atoms with E-state index in [4.69, 9.17) is 9.15 Å². The van der Waals surface area contributed by atoms with Gasteiger partial charge in [0.15, 0.2) is 20.6 Å². The van der Waals surface area contributed by atoms with Crippen molar-refractivity contribution < 1.29 is 27.2 Å². The van der Waals surface area contributed by atoms with Gasteiger partial charge in [-0.05, 0) is 54.4 Å². The Morgan fingerprint density at radius 1 is 1.48 bits per heavy atom. The van der Waals surface area contributed by atoms with Gasteiger partial charge in [0, 0.05) is 18.7 Å². The molecule has 2 rings (SSSR count). The summed E-state index contributed by atoms with van der Waals surface area (Å²) in [6.45, 7) is 3.60. The summed E-state index contributed by atoms with van der Waals surface area (Å²) < 4.78 is 34.1. The number of nitrogens with zero attached hydrogens (tertiary/aromatic N) is 1. The van der Waals surface area contributed by atoms with Crippen molar-refractivity contribution in [3.63, 3.8) is 0 Å². The lowest BCUT2D eigenvalue weighted by atomic mass is 10.2. The minimum absolute atomic E-state index is 0.0412. The third-order valence-corrected chi connectivity index (χ3v) is 6.07. The van der Waals surface area contributed by atoms with Crippen molar-refractivity contribution in [2.45, 2.75) is 32.4 Å². The van der Waals surface area contributed by atoms with Gasteiger partial charge in [0.1, 0.15) is 5.76 Å². The summed E-state index contributed by atoms with van der Waals surface area (Å²) in [5.41, 5.74) is 0. The van der Waals surface area contributed by atoms with Crippen molar-refractivity contribution in [1.82, 2.24) is 4.90 Å². The SMILES string of the molecule is CCN(C(=O)C(C)OC(=O)/C=C/c1ccc(Br)o1)C1CCS(=O)(=O)C1. The molecule has 0 aromatic carbocycles. The Morgan fingerprint density at radius 2 is 2.20 bits per heavy atom. The molecule has 0 radical (unpaired) electrons. The minimum atomic E-state index is -3.10. The van der Waals surface area contributed by atoms with Crippen LogP contribution in [0.5, 0.6) is 0 Å². The number of hydrogen-bond donors (Lipinski definition) is 0. The number of halogens is 1. The number of hydrogen-bond acceptors (Lipinski definition) is 6. The average molecular weight is 434 g/mol. The first-order valence-corrected chi connectivity index (χ1v) is 10.5. The second-order valence-electron chi connectivity index (χ2n) is 5.74. The van der Waals surface area contributed by atoms with Gasteiger partial charge in [-0.3, -0.25) is 4.79 Å². The number of esters is 1. The summed E-state index contributed by atoms with van der Waals surface area (Å²) in [4.78, 5) is 25.8. The number of amides is 1. The molecular formula is C16H20BrNO6S. The second-order valence-corrected chi connectivity index (χ2v) is 8.75. The van der Waals surface area contributed by atoms with Crippen LogP contribution in [0, 0.1) is 0 Å². The van der Waals surface area contributed by atoms with Crippen molar-refractivity contribution in [2.75, 3.05) is 18.1 Å². The highest BCUT2D eigenvalue weighted by Gasteiger charge is 2.36. The highest BCUT2D eigenvalue weighted by molar-refractivity contribution is 9.10. The first kappa shape index (κ1) is 19.7. The fourth-order valence-corrected chi connectivity index (χ4v) is 4.73. The topological polar surface area (TPSA) is 93.9 Å². The lowest BCUT2D eigenvalue weighted by Crippen LogP contribution is -2.46. The van der Waals surface area contributed by atoms with Gasteiger partial charge in [-0.15, -0.1) is 0 Å². The van der Waals surface area contributed by atoms with Crippen molar-refractivity contribution >= 4 is 43.7 Å². The molecule has 7 nitrogen and oxygen atoms in total. The van der Waals surface area contributed by atoms with Crippen molar-refractivity contribution in [2.24, 2.45) is 0 Å². The van der Waals surface area contributed by atoms with E-state index in [-0.39, 0.29) is 17.5 Å². The van der Waals surface area contributed by atoms with E-state index in [9.17, 15) is 18.0 Å². The standard InChI is InChI=1S/C16H20BrNO6S/c1-3-18(12-8-9-25(21,22)10-12)16(20)11(2)23-15(19)7-5-13-4-6-14(17)24-13/h4-7,11-12H,3,8-10H2,1-2H3/b7-5+. The van der Waals surface area contributed by atoms with E-state index in [1.54, 1.807) is 19.1 Å². The zero-order valence-corrected chi connectivity index (χ0v) is 16.4. The van der Waals surface area contributed by atoms with Crippen molar-refractivity contribution in [3.05, 3.63) is 28.6 Å². The van der Waals surface area contributed by atoms with Gasteiger partial charge in [-0.1, -0.05) is 0 Å². The molecule has 1 aromatic rings. The van der Waals surface area contributed by atoms with Crippen LogP contribution in [0.3, 0.4) is 0 Å². The average Bonchev–Trinajstić information content (AvgIpc) is 3.11. The molecule has 2 unspecified atom stereocenters. The summed E-state index contributed by atoms with van der Waals surface area (Å²) in [6.07, 6.45) is 2.02. The van der Waals surface area contributed by atoms with Crippen LogP contribution in [0.1, 0.15) is 26.0 Å². The van der Waals surface area contributed by atoms with E-state index < -0.39 is 27.8 Å². The molecule has 9 heteroatoms. The quantitative estimate of drug-likeness (QED) is 0.503. The van der Waals surface area contributed by atoms with E-state index in [1.807, 2.05) is 0 Å². The summed E-state index contributed by atoms with van der Waals surface area (Å²) in [7, 11) is -3.10. The Labute approximate surface area is 155 Å². The van der Waals surface area contributed by atoms with Crippen LogP contribution in [0.4, 0.5) is 0 Å². The molecule has 138 valence electrons. The van der Waals surface area contributed by atoms with Crippen molar-refractivity contribution in [1.29, 1.82) is 0 Å². The van der Waals surface area contributed by atoms with E-state index in [0.29, 0.717) is 23.4 Å². The van der Waals surface area contributed by atoms with Crippen LogP contribution in [0.15, 0.2) is 27.3 Å². The van der Waals surface area contributed by atoms with Gasteiger partial charge in [0.25, 0.3) is 5.91 Å².